The molecule has 1 saturated heterocycles. The van der Waals surface area contributed by atoms with Gasteiger partial charge in [0.1, 0.15) is 11.3 Å². The highest BCUT2D eigenvalue weighted by atomic mass is 32.2. The van der Waals surface area contributed by atoms with E-state index in [1.54, 1.807) is 32.7 Å². The van der Waals surface area contributed by atoms with Gasteiger partial charge in [-0.05, 0) is 32.0 Å². The van der Waals surface area contributed by atoms with Gasteiger partial charge in [0.25, 0.3) is 5.91 Å². The zero-order chi connectivity index (χ0) is 14.8. The van der Waals surface area contributed by atoms with E-state index in [9.17, 15) is 9.59 Å². The van der Waals surface area contributed by atoms with Crippen LogP contribution in [0.4, 0.5) is 4.79 Å². The van der Waals surface area contributed by atoms with E-state index in [2.05, 4.69) is 5.32 Å². The Morgan fingerprint density at radius 3 is 2.70 bits per heavy atom. The minimum Gasteiger partial charge on any atom is -0.497 e. The van der Waals surface area contributed by atoms with Crippen molar-refractivity contribution in [2.45, 2.75) is 24.3 Å². The Morgan fingerprint density at radius 1 is 1.35 bits per heavy atom. The lowest BCUT2D eigenvalue weighted by Crippen LogP contribution is -2.40. The summed E-state index contributed by atoms with van der Waals surface area (Å²) in [5, 5.41) is 2.67. The van der Waals surface area contributed by atoms with Crippen molar-refractivity contribution in [3.8, 4) is 5.75 Å². The maximum atomic E-state index is 12.0. The zero-order valence-electron chi connectivity index (χ0n) is 11.8. The van der Waals surface area contributed by atoms with Gasteiger partial charge in [-0.3, -0.25) is 9.69 Å². The van der Waals surface area contributed by atoms with E-state index in [0.717, 1.165) is 10.6 Å². The molecule has 20 heavy (non-hydrogen) atoms. The molecule has 1 aliphatic heterocycles. The lowest BCUT2D eigenvalue weighted by molar-refractivity contribution is -0.130. The molecule has 6 heteroatoms. The van der Waals surface area contributed by atoms with Crippen molar-refractivity contribution in [1.29, 1.82) is 0 Å². The number of imide groups is 1. The van der Waals surface area contributed by atoms with Crippen LogP contribution in [0.5, 0.6) is 5.75 Å². The summed E-state index contributed by atoms with van der Waals surface area (Å²) in [4.78, 5) is 26.0. The predicted octanol–water partition coefficient (Wildman–Crippen LogP) is 2.12. The number of carbonyl (C=O) groups is 2. The molecule has 0 radical (unpaired) electrons. The van der Waals surface area contributed by atoms with Crippen LogP contribution in [0, 0.1) is 0 Å². The molecule has 2 rings (SSSR count). The number of hydrogen-bond acceptors (Lipinski definition) is 4. The minimum atomic E-state index is -0.794. The number of rotatable bonds is 5. The molecule has 0 saturated carbocycles. The molecule has 1 aliphatic rings. The van der Waals surface area contributed by atoms with Gasteiger partial charge < -0.3 is 10.1 Å². The second-order valence-electron chi connectivity index (χ2n) is 5.04. The van der Waals surface area contributed by atoms with Crippen LogP contribution in [0.3, 0.4) is 0 Å². The van der Waals surface area contributed by atoms with E-state index in [1.807, 2.05) is 24.3 Å². The fraction of sp³-hybridized carbons (Fsp3) is 0.429. The monoisotopic (exact) mass is 294 g/mol. The highest BCUT2D eigenvalue weighted by Crippen LogP contribution is 2.24. The summed E-state index contributed by atoms with van der Waals surface area (Å²) in [5.41, 5.74) is -0.794. The Labute approximate surface area is 122 Å². The van der Waals surface area contributed by atoms with Gasteiger partial charge >= 0.3 is 6.03 Å². The second-order valence-corrected chi connectivity index (χ2v) is 6.21. The summed E-state index contributed by atoms with van der Waals surface area (Å²) in [7, 11) is 1.62. The first-order valence-corrected chi connectivity index (χ1v) is 7.33. The fourth-order valence-electron chi connectivity index (χ4n) is 1.97. The molecule has 1 N–H and O–H groups in total. The minimum absolute atomic E-state index is 0.172. The molecule has 0 aliphatic carbocycles. The van der Waals surface area contributed by atoms with E-state index in [4.69, 9.17) is 4.74 Å². The standard InChI is InChI=1S/C14H18N2O3S/c1-14(2)12(17)16(13(18)15-14)7-8-20-11-6-4-5-10(9-11)19-3/h4-6,9H,7-8H2,1-3H3,(H,15,18). The van der Waals surface area contributed by atoms with Gasteiger partial charge in [0.15, 0.2) is 0 Å². The molecule has 1 aromatic rings. The number of benzene rings is 1. The maximum Gasteiger partial charge on any atom is 0.325 e. The Balaban J connectivity index is 1.90. The third-order valence-corrected chi connectivity index (χ3v) is 4.04. The van der Waals surface area contributed by atoms with E-state index in [0.29, 0.717) is 12.3 Å². The van der Waals surface area contributed by atoms with Crippen molar-refractivity contribution < 1.29 is 14.3 Å². The molecule has 0 atom stereocenters. The first kappa shape index (κ1) is 14.7. The first-order valence-electron chi connectivity index (χ1n) is 6.35. The van der Waals surface area contributed by atoms with Gasteiger partial charge in [0.2, 0.25) is 0 Å². The van der Waals surface area contributed by atoms with Gasteiger partial charge in [-0.1, -0.05) is 6.07 Å². The molecule has 1 aromatic carbocycles. The van der Waals surface area contributed by atoms with Crippen LogP contribution in [-0.2, 0) is 4.79 Å². The summed E-state index contributed by atoms with van der Waals surface area (Å²) < 4.78 is 5.15. The van der Waals surface area contributed by atoms with E-state index in [-0.39, 0.29) is 11.9 Å². The second kappa shape index (κ2) is 5.75. The molecular formula is C14H18N2O3S. The highest BCUT2D eigenvalue weighted by molar-refractivity contribution is 7.99. The molecular weight excluding hydrogens is 276 g/mol. The number of urea groups is 1. The Bertz CT molecular complexity index is 531. The number of ether oxygens (including phenoxy) is 1. The van der Waals surface area contributed by atoms with Crippen LogP contribution in [-0.4, -0.2) is 41.8 Å². The van der Waals surface area contributed by atoms with Crippen molar-refractivity contribution in [3.05, 3.63) is 24.3 Å². The smallest absolute Gasteiger partial charge is 0.325 e. The summed E-state index contributed by atoms with van der Waals surface area (Å²) in [6, 6.07) is 7.39. The van der Waals surface area contributed by atoms with E-state index < -0.39 is 5.54 Å². The van der Waals surface area contributed by atoms with Crippen LogP contribution >= 0.6 is 11.8 Å². The average molecular weight is 294 g/mol. The number of thioether (sulfide) groups is 1. The third-order valence-electron chi connectivity index (χ3n) is 3.07. The maximum absolute atomic E-state index is 12.0. The van der Waals surface area contributed by atoms with Crippen molar-refractivity contribution in [2.24, 2.45) is 0 Å². The molecule has 3 amide bonds. The van der Waals surface area contributed by atoms with Crippen molar-refractivity contribution in [2.75, 3.05) is 19.4 Å². The molecule has 0 bridgehead atoms. The Morgan fingerprint density at radius 2 is 2.10 bits per heavy atom. The van der Waals surface area contributed by atoms with Crippen molar-refractivity contribution in [3.63, 3.8) is 0 Å². The van der Waals surface area contributed by atoms with E-state index in [1.165, 1.54) is 4.90 Å². The van der Waals surface area contributed by atoms with Crippen molar-refractivity contribution in [1.82, 2.24) is 10.2 Å². The molecule has 1 heterocycles. The molecule has 1 fully saturated rings. The van der Waals surface area contributed by atoms with Crippen LogP contribution in [0.15, 0.2) is 29.2 Å². The van der Waals surface area contributed by atoms with Gasteiger partial charge in [-0.15, -0.1) is 11.8 Å². The van der Waals surface area contributed by atoms with Crippen LogP contribution in [0.2, 0.25) is 0 Å². The lowest BCUT2D eigenvalue weighted by Gasteiger charge is -2.15. The van der Waals surface area contributed by atoms with Crippen LogP contribution < -0.4 is 10.1 Å². The zero-order valence-corrected chi connectivity index (χ0v) is 12.6. The van der Waals surface area contributed by atoms with E-state index >= 15 is 0 Å². The largest absolute Gasteiger partial charge is 0.497 e. The summed E-state index contributed by atoms with van der Waals surface area (Å²) in [5.74, 6) is 1.28. The number of carbonyl (C=O) groups excluding carboxylic acids is 2. The number of nitrogens with one attached hydrogen (secondary N) is 1. The number of amides is 3. The molecule has 0 unspecified atom stereocenters. The van der Waals surface area contributed by atoms with Gasteiger partial charge in [0, 0.05) is 17.2 Å². The highest BCUT2D eigenvalue weighted by Gasteiger charge is 2.43. The number of hydrogen-bond donors (Lipinski definition) is 1. The summed E-state index contributed by atoms with van der Waals surface area (Å²) >= 11 is 1.59. The first-order chi connectivity index (χ1) is 9.44. The molecule has 0 spiro atoms. The number of nitrogens with zero attached hydrogens (tertiary/aromatic N) is 1. The quantitative estimate of drug-likeness (QED) is 0.667. The average Bonchev–Trinajstić information content (AvgIpc) is 2.61. The fourth-order valence-corrected chi connectivity index (χ4v) is 2.85. The van der Waals surface area contributed by atoms with Crippen molar-refractivity contribution >= 4 is 23.7 Å². The van der Waals surface area contributed by atoms with Gasteiger partial charge in [0.05, 0.1) is 7.11 Å². The molecule has 108 valence electrons. The van der Waals surface area contributed by atoms with Crippen LogP contribution in [0.1, 0.15) is 13.8 Å². The molecule has 5 nitrogen and oxygen atoms in total. The van der Waals surface area contributed by atoms with Gasteiger partial charge in [-0.2, -0.15) is 0 Å². The summed E-state index contributed by atoms with van der Waals surface area (Å²) in [6.07, 6.45) is 0. The normalized spacial score (nSPS) is 17.2. The Hall–Kier alpha value is -1.69. The third kappa shape index (κ3) is 3.07. The molecule has 0 aromatic heterocycles. The predicted molar refractivity (Wildman–Crippen MR) is 78.0 cm³/mol. The van der Waals surface area contributed by atoms with Crippen LogP contribution in [0.25, 0.3) is 0 Å². The lowest BCUT2D eigenvalue weighted by atomic mass is 10.1. The topological polar surface area (TPSA) is 58.6 Å². The Kier molecular flexibility index (Phi) is 4.23. The van der Waals surface area contributed by atoms with Gasteiger partial charge in [-0.25, -0.2) is 4.79 Å². The number of methoxy groups -OCH3 is 1. The SMILES string of the molecule is COc1cccc(SCCN2C(=O)NC(C)(C)C2=O)c1. The summed E-state index contributed by atoms with van der Waals surface area (Å²) in [6.45, 7) is 3.82.